The molecule has 0 radical (unpaired) electrons. The van der Waals surface area contributed by atoms with Gasteiger partial charge in [-0.3, -0.25) is 0 Å². The molecule has 0 bridgehead atoms. The predicted molar refractivity (Wildman–Crippen MR) is 107 cm³/mol. The average Bonchev–Trinajstić information content (AvgIpc) is 2.87. The minimum Gasteiger partial charge on any atom is -0.464 e. The summed E-state index contributed by atoms with van der Waals surface area (Å²) in [6.45, 7) is 2.29. The van der Waals surface area contributed by atoms with Crippen LogP contribution in [0.5, 0.6) is 0 Å². The number of hydrogen-bond donors (Lipinski definition) is 0. The Morgan fingerprint density at radius 2 is 2.04 bits per heavy atom. The zero-order valence-electron chi connectivity index (χ0n) is 14.5. The number of hydrogen-bond acceptors (Lipinski definition) is 4. The fourth-order valence-corrected chi connectivity index (χ4v) is 4.03. The summed E-state index contributed by atoms with van der Waals surface area (Å²) < 4.78 is 11.7. The van der Waals surface area contributed by atoms with Gasteiger partial charge in [0.05, 0.1) is 19.5 Å². The van der Waals surface area contributed by atoms with Gasteiger partial charge >= 0.3 is 0 Å². The minimum atomic E-state index is 0.633. The van der Waals surface area contributed by atoms with Gasteiger partial charge in [-0.05, 0) is 54.7 Å². The second-order valence-electron chi connectivity index (χ2n) is 6.42. The van der Waals surface area contributed by atoms with Crippen molar-refractivity contribution in [3.8, 4) is 0 Å². The number of likely N-dealkylation sites (N-methyl/N-ethyl adjacent to an activating group) is 1. The fourth-order valence-electron chi connectivity index (χ4n) is 3.16. The highest BCUT2D eigenvalue weighted by molar-refractivity contribution is 8.10. The molecule has 0 N–H and O–H groups in total. The summed E-state index contributed by atoms with van der Waals surface area (Å²) in [5, 5.41) is 6.93. The lowest BCUT2D eigenvalue weighted by Gasteiger charge is -2.13. The quantitative estimate of drug-likeness (QED) is 0.641. The zero-order chi connectivity index (χ0) is 17.2. The van der Waals surface area contributed by atoms with Gasteiger partial charge in [0, 0.05) is 27.4 Å². The summed E-state index contributed by atoms with van der Waals surface area (Å²) in [7, 11) is 4.12. The molecule has 0 spiro atoms. The van der Waals surface area contributed by atoms with Crippen LogP contribution in [-0.4, -0.2) is 38.8 Å². The Bertz CT molecular complexity index is 1020. The van der Waals surface area contributed by atoms with Crippen molar-refractivity contribution in [1.29, 1.82) is 0 Å². The Hall–Kier alpha value is -2.01. The van der Waals surface area contributed by atoms with Gasteiger partial charge in [-0.15, -0.1) is 0 Å². The lowest BCUT2D eigenvalue weighted by atomic mass is 10.1. The van der Waals surface area contributed by atoms with E-state index in [1.807, 2.05) is 6.07 Å². The molecule has 25 heavy (non-hydrogen) atoms. The molecule has 2 heterocycles. The Labute approximate surface area is 151 Å². The van der Waals surface area contributed by atoms with Crippen LogP contribution in [0.25, 0.3) is 32.7 Å². The molecular weight excluding hydrogens is 330 g/mol. The van der Waals surface area contributed by atoms with E-state index in [0.29, 0.717) is 6.61 Å². The monoisotopic (exact) mass is 351 g/mol. The maximum atomic E-state index is 5.94. The molecule has 0 unspecified atom stereocenters. The van der Waals surface area contributed by atoms with Crippen molar-refractivity contribution in [2.24, 2.45) is 0 Å². The fraction of sp³-hybridized carbons (Fsp3) is 0.238. The summed E-state index contributed by atoms with van der Waals surface area (Å²) in [4.78, 5) is 3.39. The molecule has 0 saturated heterocycles. The van der Waals surface area contributed by atoms with Gasteiger partial charge in [-0.1, -0.05) is 30.0 Å². The van der Waals surface area contributed by atoms with Gasteiger partial charge in [0.15, 0.2) is 0 Å². The van der Waals surface area contributed by atoms with Crippen LogP contribution in [0.1, 0.15) is 5.56 Å². The number of nitrogens with zero attached hydrogens (tertiary/aromatic N) is 1. The number of fused-ring (bicyclic) bond motifs is 5. The molecule has 0 saturated carbocycles. The van der Waals surface area contributed by atoms with Crippen LogP contribution < -0.4 is 5.22 Å². The summed E-state index contributed by atoms with van der Waals surface area (Å²) in [5.74, 6) is 0. The smallest absolute Gasteiger partial charge is 0.141 e. The van der Waals surface area contributed by atoms with Gasteiger partial charge < -0.3 is 14.1 Å². The van der Waals surface area contributed by atoms with Crippen molar-refractivity contribution in [1.82, 2.24) is 4.90 Å². The summed E-state index contributed by atoms with van der Waals surface area (Å²) >= 11 is 1.75. The van der Waals surface area contributed by atoms with Gasteiger partial charge in [0.2, 0.25) is 0 Å². The second-order valence-corrected chi connectivity index (χ2v) is 7.43. The van der Waals surface area contributed by atoms with Crippen LogP contribution >= 0.6 is 11.8 Å². The third kappa shape index (κ3) is 3.25. The van der Waals surface area contributed by atoms with Gasteiger partial charge in [-0.2, -0.15) is 0 Å². The highest BCUT2D eigenvalue weighted by Crippen LogP contribution is 2.30. The third-order valence-corrected chi connectivity index (χ3v) is 5.27. The van der Waals surface area contributed by atoms with E-state index in [9.17, 15) is 0 Å². The molecule has 2 aromatic carbocycles. The van der Waals surface area contributed by atoms with Crippen molar-refractivity contribution in [3.63, 3.8) is 0 Å². The number of thioether (sulfide) groups is 1. The molecule has 0 amide bonds. The van der Waals surface area contributed by atoms with E-state index in [2.05, 4.69) is 60.8 Å². The van der Waals surface area contributed by atoms with E-state index < -0.39 is 0 Å². The highest BCUT2D eigenvalue weighted by atomic mass is 32.2. The van der Waals surface area contributed by atoms with Crippen LogP contribution in [0.2, 0.25) is 0 Å². The van der Waals surface area contributed by atoms with E-state index >= 15 is 0 Å². The lowest BCUT2D eigenvalue weighted by Crippen LogP contribution is -2.20. The van der Waals surface area contributed by atoms with Crippen molar-refractivity contribution in [2.75, 3.05) is 33.9 Å². The molecular formula is C21H21NO2S. The molecule has 128 valence electrons. The predicted octanol–water partition coefficient (Wildman–Crippen LogP) is 4.27. The second kappa shape index (κ2) is 7.08. The summed E-state index contributed by atoms with van der Waals surface area (Å²) in [6, 6.07) is 12.7. The van der Waals surface area contributed by atoms with Gasteiger partial charge in [-0.25, -0.2) is 0 Å². The van der Waals surface area contributed by atoms with Gasteiger partial charge in [0.25, 0.3) is 0 Å². The number of rotatable bonds is 5. The van der Waals surface area contributed by atoms with Crippen LogP contribution in [-0.2, 0) is 4.74 Å². The van der Waals surface area contributed by atoms with E-state index in [1.165, 1.54) is 21.1 Å². The van der Waals surface area contributed by atoms with E-state index in [0.717, 1.165) is 29.5 Å². The molecule has 4 rings (SSSR count). The molecule has 0 aliphatic carbocycles. The van der Waals surface area contributed by atoms with Gasteiger partial charge in [0.1, 0.15) is 5.58 Å². The topological polar surface area (TPSA) is 25.6 Å². The lowest BCUT2D eigenvalue weighted by molar-refractivity contribution is 0.147. The number of ether oxygens (including phenoxy) is 1. The largest absolute Gasteiger partial charge is 0.464 e. The normalized spacial score (nSPS) is 13.8. The van der Waals surface area contributed by atoms with Crippen LogP contribution in [0.4, 0.5) is 0 Å². The van der Waals surface area contributed by atoms with E-state index in [-0.39, 0.29) is 0 Å². The molecule has 4 heteroatoms. The van der Waals surface area contributed by atoms with Crippen LogP contribution in [0, 0.1) is 0 Å². The first-order valence-corrected chi connectivity index (χ1v) is 9.30. The van der Waals surface area contributed by atoms with Crippen molar-refractivity contribution in [3.05, 3.63) is 58.9 Å². The summed E-state index contributed by atoms with van der Waals surface area (Å²) in [6.07, 6.45) is 3.92. The standard InChI is InChI=1S/C21H21NO2S/c1-22(2)9-11-23-14-19-20-15(8-12-25-19)5-3-7-17-18(20)13-16-6-4-10-24-21(16)17/h3-8,10,12-13H,9,11,14H2,1-2H3. The first-order valence-electron chi connectivity index (χ1n) is 8.42. The minimum absolute atomic E-state index is 0.633. The van der Waals surface area contributed by atoms with E-state index in [1.54, 1.807) is 18.0 Å². The highest BCUT2D eigenvalue weighted by Gasteiger charge is 2.12. The molecule has 3 nitrogen and oxygen atoms in total. The Morgan fingerprint density at radius 1 is 1.12 bits per heavy atom. The van der Waals surface area contributed by atoms with E-state index in [4.69, 9.17) is 9.15 Å². The first kappa shape index (κ1) is 16.5. The molecule has 0 atom stereocenters. The maximum Gasteiger partial charge on any atom is 0.141 e. The average molecular weight is 351 g/mol. The Kier molecular flexibility index (Phi) is 4.66. The molecule has 1 aliphatic heterocycles. The molecule has 1 aromatic heterocycles. The van der Waals surface area contributed by atoms with Crippen molar-refractivity contribution < 1.29 is 9.15 Å². The zero-order valence-corrected chi connectivity index (χ0v) is 15.3. The van der Waals surface area contributed by atoms with Crippen LogP contribution in [0.3, 0.4) is 0 Å². The molecule has 0 fully saturated rings. The molecule has 3 aromatic rings. The SMILES string of the molecule is CN(C)CCOCC1=c2c(cccc3c2cc2cccoc23)C=CS1. The van der Waals surface area contributed by atoms with Crippen LogP contribution in [0.15, 0.2) is 52.5 Å². The first-order chi connectivity index (χ1) is 12.2. The summed E-state index contributed by atoms with van der Waals surface area (Å²) in [5.41, 5.74) is 2.18. The Balaban J connectivity index is 1.87. The Morgan fingerprint density at radius 3 is 2.92 bits per heavy atom. The molecule has 1 aliphatic rings. The van der Waals surface area contributed by atoms with Crippen molar-refractivity contribution >= 4 is 44.5 Å². The third-order valence-electron chi connectivity index (χ3n) is 4.39. The maximum absolute atomic E-state index is 5.94. The van der Waals surface area contributed by atoms with Crippen molar-refractivity contribution in [2.45, 2.75) is 0 Å².